The standard InChI is InChI=1S/C14H19N3O/c1-11(15-2)12-6-4-5-7-13(12)18-10-14-16-8-9-17(14)3/h4-9,11,15H,10H2,1-3H3. The van der Waals surface area contributed by atoms with Gasteiger partial charge in [0.2, 0.25) is 0 Å². The first-order valence-electron chi connectivity index (χ1n) is 6.07. The molecule has 1 unspecified atom stereocenters. The Morgan fingerprint density at radius 3 is 2.83 bits per heavy atom. The average Bonchev–Trinajstić information content (AvgIpc) is 2.81. The van der Waals surface area contributed by atoms with Crippen molar-refractivity contribution in [2.45, 2.75) is 19.6 Å². The highest BCUT2D eigenvalue weighted by molar-refractivity contribution is 5.35. The van der Waals surface area contributed by atoms with Gasteiger partial charge in [0, 0.05) is 31.0 Å². The maximum Gasteiger partial charge on any atom is 0.146 e. The van der Waals surface area contributed by atoms with Gasteiger partial charge in [0.1, 0.15) is 18.2 Å². The lowest BCUT2D eigenvalue weighted by molar-refractivity contribution is 0.286. The summed E-state index contributed by atoms with van der Waals surface area (Å²) in [5.41, 5.74) is 1.16. The molecule has 1 atom stereocenters. The van der Waals surface area contributed by atoms with E-state index in [9.17, 15) is 0 Å². The van der Waals surface area contributed by atoms with Crippen molar-refractivity contribution in [3.8, 4) is 5.75 Å². The first-order valence-corrected chi connectivity index (χ1v) is 6.07. The van der Waals surface area contributed by atoms with Gasteiger partial charge in [-0.1, -0.05) is 18.2 Å². The maximum absolute atomic E-state index is 5.86. The SMILES string of the molecule is CNC(C)c1ccccc1OCc1nccn1C. The number of para-hydroxylation sites is 1. The van der Waals surface area contributed by atoms with Gasteiger partial charge in [0.05, 0.1) is 0 Å². The number of imidazole rings is 1. The molecule has 0 bridgehead atoms. The molecular formula is C14H19N3O. The van der Waals surface area contributed by atoms with E-state index in [0.717, 1.165) is 17.1 Å². The lowest BCUT2D eigenvalue weighted by atomic mass is 10.1. The second-order valence-electron chi connectivity index (χ2n) is 4.29. The van der Waals surface area contributed by atoms with Gasteiger partial charge >= 0.3 is 0 Å². The largest absolute Gasteiger partial charge is 0.485 e. The molecule has 4 nitrogen and oxygen atoms in total. The second kappa shape index (κ2) is 5.69. The third-order valence-electron chi connectivity index (χ3n) is 3.10. The third kappa shape index (κ3) is 2.71. The Bertz CT molecular complexity index is 507. The predicted octanol–water partition coefficient (Wildman–Crippen LogP) is 2.28. The summed E-state index contributed by atoms with van der Waals surface area (Å²) in [6, 6.07) is 8.35. The van der Waals surface area contributed by atoms with Crippen molar-refractivity contribution < 1.29 is 4.74 Å². The van der Waals surface area contributed by atoms with Gasteiger partial charge in [-0.3, -0.25) is 0 Å². The van der Waals surface area contributed by atoms with Crippen molar-refractivity contribution in [1.82, 2.24) is 14.9 Å². The van der Waals surface area contributed by atoms with Crippen molar-refractivity contribution in [3.05, 3.63) is 48.0 Å². The lowest BCUT2D eigenvalue weighted by Gasteiger charge is -2.16. The highest BCUT2D eigenvalue weighted by atomic mass is 16.5. The van der Waals surface area contributed by atoms with Gasteiger partial charge in [0.15, 0.2) is 0 Å². The Balaban J connectivity index is 2.12. The predicted molar refractivity (Wildman–Crippen MR) is 71.5 cm³/mol. The molecule has 0 saturated heterocycles. The number of ether oxygens (including phenoxy) is 1. The van der Waals surface area contributed by atoms with Crippen LogP contribution in [0.2, 0.25) is 0 Å². The molecular weight excluding hydrogens is 226 g/mol. The molecule has 0 saturated carbocycles. The highest BCUT2D eigenvalue weighted by Crippen LogP contribution is 2.25. The van der Waals surface area contributed by atoms with Gasteiger partial charge < -0.3 is 14.6 Å². The molecule has 1 aromatic heterocycles. The van der Waals surface area contributed by atoms with Gasteiger partial charge in [0.25, 0.3) is 0 Å². The van der Waals surface area contributed by atoms with Crippen molar-refractivity contribution in [3.63, 3.8) is 0 Å². The first kappa shape index (κ1) is 12.6. The molecule has 1 heterocycles. The Morgan fingerprint density at radius 2 is 2.17 bits per heavy atom. The Hall–Kier alpha value is -1.81. The number of aromatic nitrogens is 2. The summed E-state index contributed by atoms with van der Waals surface area (Å²) >= 11 is 0. The molecule has 0 radical (unpaired) electrons. The Kier molecular flexibility index (Phi) is 3.99. The van der Waals surface area contributed by atoms with E-state index in [1.54, 1.807) is 6.20 Å². The minimum absolute atomic E-state index is 0.266. The smallest absolute Gasteiger partial charge is 0.146 e. The van der Waals surface area contributed by atoms with Gasteiger partial charge in [-0.25, -0.2) is 4.98 Å². The van der Waals surface area contributed by atoms with Crippen LogP contribution in [0.15, 0.2) is 36.7 Å². The maximum atomic E-state index is 5.86. The van der Waals surface area contributed by atoms with Crippen molar-refractivity contribution in [2.24, 2.45) is 7.05 Å². The van der Waals surface area contributed by atoms with Crippen molar-refractivity contribution >= 4 is 0 Å². The van der Waals surface area contributed by atoms with Crippen LogP contribution in [0, 0.1) is 0 Å². The van der Waals surface area contributed by atoms with Crippen LogP contribution in [-0.2, 0) is 13.7 Å². The van der Waals surface area contributed by atoms with E-state index in [1.165, 1.54) is 0 Å². The van der Waals surface area contributed by atoms with E-state index in [2.05, 4.69) is 23.3 Å². The molecule has 2 aromatic rings. The molecule has 0 aliphatic rings. The fourth-order valence-electron chi connectivity index (χ4n) is 1.80. The highest BCUT2D eigenvalue weighted by Gasteiger charge is 2.10. The summed E-state index contributed by atoms with van der Waals surface area (Å²) in [6.45, 7) is 2.60. The van der Waals surface area contributed by atoms with Crippen molar-refractivity contribution in [1.29, 1.82) is 0 Å². The zero-order valence-electron chi connectivity index (χ0n) is 11.1. The molecule has 0 spiro atoms. The van der Waals surface area contributed by atoms with E-state index in [-0.39, 0.29) is 6.04 Å². The van der Waals surface area contributed by atoms with Gasteiger partial charge in [-0.05, 0) is 20.0 Å². The van der Waals surface area contributed by atoms with Crippen molar-refractivity contribution in [2.75, 3.05) is 7.05 Å². The fourth-order valence-corrected chi connectivity index (χ4v) is 1.80. The number of rotatable bonds is 5. The van der Waals surface area contributed by atoms with Crippen LogP contribution in [-0.4, -0.2) is 16.6 Å². The summed E-state index contributed by atoms with van der Waals surface area (Å²) in [5.74, 6) is 1.82. The van der Waals surface area contributed by atoms with E-state index in [4.69, 9.17) is 4.74 Å². The first-order chi connectivity index (χ1) is 8.72. The zero-order valence-corrected chi connectivity index (χ0v) is 11.1. The van der Waals surface area contributed by atoms with E-state index < -0.39 is 0 Å². The molecule has 0 aliphatic carbocycles. The summed E-state index contributed by atoms with van der Waals surface area (Å²) in [5, 5.41) is 3.23. The lowest BCUT2D eigenvalue weighted by Crippen LogP contribution is -2.14. The number of hydrogen-bond donors (Lipinski definition) is 1. The number of nitrogens with one attached hydrogen (secondary N) is 1. The van der Waals surface area contributed by atoms with Crippen LogP contribution >= 0.6 is 0 Å². The van der Waals surface area contributed by atoms with Crippen LogP contribution in [0.1, 0.15) is 24.4 Å². The summed E-state index contributed by atoms with van der Waals surface area (Å²) in [7, 11) is 3.91. The number of hydrogen-bond acceptors (Lipinski definition) is 3. The second-order valence-corrected chi connectivity index (χ2v) is 4.29. The number of aryl methyl sites for hydroxylation is 1. The summed E-state index contributed by atoms with van der Waals surface area (Å²) < 4.78 is 7.82. The fraction of sp³-hybridized carbons (Fsp3) is 0.357. The number of benzene rings is 1. The van der Waals surface area contributed by atoms with Crippen LogP contribution in [0.5, 0.6) is 5.75 Å². The summed E-state index contributed by atoms with van der Waals surface area (Å²) in [6.07, 6.45) is 3.70. The molecule has 4 heteroatoms. The average molecular weight is 245 g/mol. The molecule has 1 N–H and O–H groups in total. The van der Waals surface area contributed by atoms with Crippen LogP contribution < -0.4 is 10.1 Å². The molecule has 0 amide bonds. The minimum Gasteiger partial charge on any atom is -0.485 e. The van der Waals surface area contributed by atoms with E-state index >= 15 is 0 Å². The Labute approximate surface area is 108 Å². The van der Waals surface area contributed by atoms with Crippen LogP contribution in [0.3, 0.4) is 0 Å². The van der Waals surface area contributed by atoms with Crippen LogP contribution in [0.25, 0.3) is 0 Å². The molecule has 96 valence electrons. The van der Waals surface area contributed by atoms with Crippen LogP contribution in [0.4, 0.5) is 0 Å². The topological polar surface area (TPSA) is 39.1 Å². The normalized spacial score (nSPS) is 12.4. The zero-order chi connectivity index (χ0) is 13.0. The number of nitrogens with zero attached hydrogens (tertiary/aromatic N) is 2. The molecule has 1 aromatic carbocycles. The molecule has 2 rings (SSSR count). The quantitative estimate of drug-likeness (QED) is 0.878. The third-order valence-corrected chi connectivity index (χ3v) is 3.10. The van der Waals surface area contributed by atoms with Gasteiger partial charge in [-0.2, -0.15) is 0 Å². The summed E-state index contributed by atoms with van der Waals surface area (Å²) in [4.78, 5) is 4.25. The minimum atomic E-state index is 0.266. The van der Waals surface area contributed by atoms with Gasteiger partial charge in [-0.15, -0.1) is 0 Å². The molecule has 0 aliphatic heterocycles. The van der Waals surface area contributed by atoms with E-state index in [0.29, 0.717) is 6.61 Å². The van der Waals surface area contributed by atoms with E-state index in [1.807, 2.05) is 43.1 Å². The monoisotopic (exact) mass is 245 g/mol. The molecule has 18 heavy (non-hydrogen) atoms. The molecule has 0 fully saturated rings. The Morgan fingerprint density at radius 1 is 1.39 bits per heavy atom.